The number of halogens is 2. The molecular weight excluding hydrogens is 420 g/mol. The van der Waals surface area contributed by atoms with E-state index in [1.165, 1.54) is 12.3 Å². The average Bonchev–Trinajstić information content (AvgIpc) is 3.20. The fourth-order valence-electron chi connectivity index (χ4n) is 5.47. The van der Waals surface area contributed by atoms with E-state index in [-0.39, 0.29) is 46.9 Å². The second-order valence-corrected chi connectivity index (χ2v) is 8.92. The van der Waals surface area contributed by atoms with E-state index < -0.39 is 6.43 Å². The highest BCUT2D eigenvalue weighted by Crippen LogP contribution is 2.38. The number of morpholine rings is 2. The van der Waals surface area contributed by atoms with Gasteiger partial charge in [0.1, 0.15) is 5.82 Å². The number of rotatable bonds is 4. The van der Waals surface area contributed by atoms with Crippen LogP contribution in [0.5, 0.6) is 0 Å². The maximum Gasteiger partial charge on any atom is 0.264 e. The maximum absolute atomic E-state index is 13.9. The molecule has 2 N–H and O–H groups in total. The molecule has 170 valence electrons. The number of hydrogen-bond donors (Lipinski definition) is 1. The van der Waals surface area contributed by atoms with E-state index in [1.807, 2.05) is 0 Å². The normalized spacial score (nSPS) is 29.2. The van der Waals surface area contributed by atoms with Gasteiger partial charge in [-0.25, -0.2) is 13.8 Å². The Balaban J connectivity index is 1.49. The first-order valence-electron chi connectivity index (χ1n) is 11.1. The monoisotopic (exact) mass is 445 g/mol. The lowest BCUT2D eigenvalue weighted by Crippen LogP contribution is -2.48. The van der Waals surface area contributed by atoms with E-state index in [1.54, 1.807) is 0 Å². The molecule has 32 heavy (non-hydrogen) atoms. The smallest absolute Gasteiger partial charge is 0.264 e. The van der Waals surface area contributed by atoms with Gasteiger partial charge < -0.3 is 25.0 Å². The largest absolute Gasteiger partial charge is 0.384 e. The van der Waals surface area contributed by atoms with Crippen molar-refractivity contribution in [2.45, 2.75) is 56.3 Å². The Labute approximate surface area is 184 Å². The molecule has 6 heterocycles. The Bertz CT molecular complexity index is 945. The molecule has 2 aromatic rings. The van der Waals surface area contributed by atoms with Crippen molar-refractivity contribution in [1.82, 2.24) is 19.9 Å². The van der Waals surface area contributed by atoms with Gasteiger partial charge in [-0.3, -0.25) is 0 Å². The summed E-state index contributed by atoms with van der Waals surface area (Å²) in [5, 5.41) is 0. The predicted octanol–water partition coefficient (Wildman–Crippen LogP) is 2.19. The molecule has 0 aliphatic carbocycles. The van der Waals surface area contributed by atoms with Crippen molar-refractivity contribution in [3.8, 4) is 11.4 Å². The molecule has 9 nitrogen and oxygen atoms in total. The van der Waals surface area contributed by atoms with Crippen LogP contribution in [0.4, 0.5) is 26.5 Å². The summed E-state index contributed by atoms with van der Waals surface area (Å²) < 4.78 is 39.2. The molecule has 0 aromatic carbocycles. The van der Waals surface area contributed by atoms with Crippen molar-refractivity contribution in [3.05, 3.63) is 17.8 Å². The van der Waals surface area contributed by atoms with E-state index in [9.17, 15) is 8.78 Å². The van der Waals surface area contributed by atoms with E-state index in [0.29, 0.717) is 38.3 Å². The van der Waals surface area contributed by atoms with Crippen LogP contribution in [0, 0.1) is 0 Å². The van der Waals surface area contributed by atoms with Crippen LogP contribution >= 0.6 is 0 Å². The van der Waals surface area contributed by atoms with Gasteiger partial charge in [0.15, 0.2) is 5.82 Å². The standard InChI is InChI=1S/C21H25F2N7O2/c22-18(23)15-5-17(24)25-6-16(15)19-26-20(29-11-1-2-12(29)8-31-7-11)28-21(27-19)30-13-3-4-14(30)10-32-9-13/h5-6,11-14,18H,1-4,7-10H2,(H2,24,25)/t11-,12+,13?,14?. The number of fused-ring (bicyclic) bond motifs is 4. The third kappa shape index (κ3) is 3.25. The first-order valence-corrected chi connectivity index (χ1v) is 11.1. The summed E-state index contributed by atoms with van der Waals surface area (Å²) in [6.07, 6.45) is 2.59. The molecule has 6 rings (SSSR count). The molecule has 0 radical (unpaired) electrons. The molecule has 4 bridgehead atoms. The molecule has 4 atom stereocenters. The Kier molecular flexibility index (Phi) is 4.83. The Morgan fingerprint density at radius 3 is 1.81 bits per heavy atom. The lowest BCUT2D eigenvalue weighted by Gasteiger charge is -2.37. The number of anilines is 3. The molecule has 4 fully saturated rings. The van der Waals surface area contributed by atoms with Crippen molar-refractivity contribution in [2.75, 3.05) is 42.0 Å². The zero-order valence-corrected chi connectivity index (χ0v) is 17.5. The van der Waals surface area contributed by atoms with E-state index in [4.69, 9.17) is 20.2 Å². The number of pyridine rings is 1. The molecular formula is C21H25F2N7O2. The summed E-state index contributed by atoms with van der Waals surface area (Å²) in [5.74, 6) is 1.27. The van der Waals surface area contributed by atoms with E-state index >= 15 is 0 Å². The van der Waals surface area contributed by atoms with Crippen LogP contribution in [0.1, 0.15) is 37.7 Å². The van der Waals surface area contributed by atoms with Gasteiger partial charge in [-0.05, 0) is 31.7 Å². The van der Waals surface area contributed by atoms with Crippen LogP contribution in [0.15, 0.2) is 12.3 Å². The van der Waals surface area contributed by atoms with Crippen LogP contribution in [-0.2, 0) is 9.47 Å². The molecule has 11 heteroatoms. The third-order valence-electron chi connectivity index (χ3n) is 6.99. The average molecular weight is 445 g/mol. The van der Waals surface area contributed by atoms with Crippen LogP contribution in [-0.4, -0.2) is 70.5 Å². The number of nitrogens with zero attached hydrogens (tertiary/aromatic N) is 6. The summed E-state index contributed by atoms with van der Waals surface area (Å²) in [6.45, 7) is 2.45. The summed E-state index contributed by atoms with van der Waals surface area (Å²) in [5.41, 5.74) is 5.64. The maximum atomic E-state index is 13.9. The van der Waals surface area contributed by atoms with Gasteiger partial charge >= 0.3 is 0 Å². The SMILES string of the molecule is Nc1cc(C(F)F)c(-c2nc(N3C4CCC3COC4)nc(N3[C@@H]4CC[C@H]3COC4)n2)cn1. The second kappa shape index (κ2) is 7.73. The zero-order chi connectivity index (χ0) is 21.8. The van der Waals surface area contributed by atoms with E-state index in [0.717, 1.165) is 25.7 Å². The molecule has 0 amide bonds. The summed E-state index contributed by atoms with van der Waals surface area (Å²) in [6, 6.07) is 1.91. The first-order chi connectivity index (χ1) is 15.6. The number of ether oxygens (including phenoxy) is 2. The summed E-state index contributed by atoms with van der Waals surface area (Å²) in [7, 11) is 0. The Morgan fingerprint density at radius 1 is 0.844 bits per heavy atom. The molecule has 4 aliphatic heterocycles. The lowest BCUT2D eigenvalue weighted by atomic mass is 10.1. The van der Waals surface area contributed by atoms with Crippen molar-refractivity contribution in [2.24, 2.45) is 0 Å². The molecule has 4 aliphatic rings. The van der Waals surface area contributed by atoms with Gasteiger partial charge in [0, 0.05) is 17.3 Å². The first kappa shape index (κ1) is 20.0. The minimum Gasteiger partial charge on any atom is -0.384 e. The molecule has 2 aromatic heterocycles. The van der Waals surface area contributed by atoms with Crippen LogP contribution in [0.25, 0.3) is 11.4 Å². The number of alkyl halides is 2. The number of nitrogens with two attached hydrogens (primary N) is 1. The highest BCUT2D eigenvalue weighted by atomic mass is 19.3. The Hall–Kier alpha value is -2.66. The van der Waals surface area contributed by atoms with Crippen LogP contribution in [0.3, 0.4) is 0 Å². The van der Waals surface area contributed by atoms with Crippen molar-refractivity contribution in [1.29, 1.82) is 0 Å². The molecule has 0 saturated carbocycles. The fraction of sp³-hybridized carbons (Fsp3) is 0.619. The predicted molar refractivity (Wildman–Crippen MR) is 113 cm³/mol. The van der Waals surface area contributed by atoms with Crippen molar-refractivity contribution >= 4 is 17.7 Å². The van der Waals surface area contributed by atoms with Gasteiger partial charge in [-0.15, -0.1) is 0 Å². The minimum absolute atomic E-state index is 0.0380. The molecule has 2 unspecified atom stereocenters. The van der Waals surface area contributed by atoms with E-state index in [2.05, 4.69) is 24.8 Å². The van der Waals surface area contributed by atoms with Gasteiger partial charge in [0.05, 0.1) is 50.6 Å². The Morgan fingerprint density at radius 2 is 1.34 bits per heavy atom. The fourth-order valence-corrected chi connectivity index (χ4v) is 5.47. The van der Waals surface area contributed by atoms with Gasteiger partial charge in [-0.2, -0.15) is 15.0 Å². The number of hydrogen-bond acceptors (Lipinski definition) is 9. The summed E-state index contributed by atoms with van der Waals surface area (Å²) >= 11 is 0. The lowest BCUT2D eigenvalue weighted by molar-refractivity contribution is 0.0885. The number of nitrogen functional groups attached to an aromatic ring is 1. The van der Waals surface area contributed by atoms with Gasteiger partial charge in [-0.1, -0.05) is 0 Å². The van der Waals surface area contributed by atoms with Crippen molar-refractivity contribution < 1.29 is 18.3 Å². The highest BCUT2D eigenvalue weighted by Gasteiger charge is 2.42. The zero-order valence-electron chi connectivity index (χ0n) is 17.5. The van der Waals surface area contributed by atoms with Crippen molar-refractivity contribution in [3.63, 3.8) is 0 Å². The quantitative estimate of drug-likeness (QED) is 0.759. The minimum atomic E-state index is -2.72. The third-order valence-corrected chi connectivity index (χ3v) is 6.99. The molecule has 4 saturated heterocycles. The molecule has 0 spiro atoms. The van der Waals surface area contributed by atoms with Crippen LogP contribution in [0.2, 0.25) is 0 Å². The highest BCUT2D eigenvalue weighted by molar-refractivity contribution is 5.64. The van der Waals surface area contributed by atoms with Gasteiger partial charge in [0.2, 0.25) is 11.9 Å². The van der Waals surface area contributed by atoms with Gasteiger partial charge in [0.25, 0.3) is 6.43 Å². The second-order valence-electron chi connectivity index (χ2n) is 8.92. The topological polar surface area (TPSA) is 103 Å². The summed E-state index contributed by atoms with van der Waals surface area (Å²) in [4.78, 5) is 22.7. The van der Waals surface area contributed by atoms with Crippen LogP contribution < -0.4 is 15.5 Å². The number of aromatic nitrogens is 4.